The summed E-state index contributed by atoms with van der Waals surface area (Å²) in [5.74, 6) is -0.810. The number of nitrogens with zero attached hydrogens (tertiary/aromatic N) is 1. The Balaban J connectivity index is 1.32. The molecule has 2 aromatic carbocycles. The van der Waals surface area contributed by atoms with Crippen molar-refractivity contribution in [3.8, 4) is 11.1 Å². The van der Waals surface area contributed by atoms with Crippen LogP contribution in [0.2, 0.25) is 0 Å². The zero-order valence-electron chi connectivity index (χ0n) is 20.3. The summed E-state index contributed by atoms with van der Waals surface area (Å²) in [4.78, 5) is 38.3. The average molecular weight is 479 g/mol. The number of alkyl carbamates (subject to hydrolysis) is 1. The van der Waals surface area contributed by atoms with E-state index in [4.69, 9.17) is 9.84 Å². The first-order valence-electron chi connectivity index (χ1n) is 12.5. The van der Waals surface area contributed by atoms with Crippen LogP contribution in [0, 0.1) is 5.41 Å². The Bertz CT molecular complexity index is 1030. The van der Waals surface area contributed by atoms with E-state index in [2.05, 4.69) is 29.6 Å². The SMILES string of the molecule is CN(CCCCC(=O)O)C(=O)C1(CNC(=O)OCC2c3ccccc3-c3ccccc32)CCCC1. The zero-order valence-corrected chi connectivity index (χ0v) is 20.3. The van der Waals surface area contributed by atoms with Crippen molar-refractivity contribution in [1.29, 1.82) is 0 Å². The van der Waals surface area contributed by atoms with E-state index in [0.717, 1.165) is 36.8 Å². The molecule has 0 aliphatic heterocycles. The molecule has 0 saturated heterocycles. The monoisotopic (exact) mass is 478 g/mol. The van der Waals surface area contributed by atoms with E-state index >= 15 is 0 Å². The summed E-state index contributed by atoms with van der Waals surface area (Å²) in [6, 6.07) is 16.4. The number of fused-ring (bicyclic) bond motifs is 3. The summed E-state index contributed by atoms with van der Waals surface area (Å²) < 4.78 is 5.66. The Labute approximate surface area is 206 Å². The Morgan fingerprint density at radius 1 is 1.00 bits per heavy atom. The molecule has 7 nitrogen and oxygen atoms in total. The highest BCUT2D eigenvalue weighted by Gasteiger charge is 2.43. The fraction of sp³-hybridized carbons (Fsp3) is 0.464. The molecular weight excluding hydrogens is 444 g/mol. The van der Waals surface area contributed by atoms with E-state index in [9.17, 15) is 14.4 Å². The number of benzene rings is 2. The maximum Gasteiger partial charge on any atom is 0.407 e. The molecule has 2 aromatic rings. The van der Waals surface area contributed by atoms with Crippen LogP contribution in [0.25, 0.3) is 11.1 Å². The Kier molecular flexibility index (Phi) is 7.73. The van der Waals surface area contributed by atoms with Crippen molar-refractivity contribution in [3.05, 3.63) is 59.7 Å². The summed E-state index contributed by atoms with van der Waals surface area (Å²) in [5, 5.41) is 11.7. The van der Waals surface area contributed by atoms with Crippen molar-refractivity contribution >= 4 is 18.0 Å². The quantitative estimate of drug-likeness (QED) is 0.478. The third-order valence-electron chi connectivity index (χ3n) is 7.41. The second kappa shape index (κ2) is 10.9. The molecule has 35 heavy (non-hydrogen) atoms. The van der Waals surface area contributed by atoms with Crippen LogP contribution in [0.15, 0.2) is 48.5 Å². The van der Waals surface area contributed by atoms with Gasteiger partial charge in [-0.3, -0.25) is 9.59 Å². The van der Waals surface area contributed by atoms with Crippen molar-refractivity contribution in [2.45, 2.75) is 50.9 Å². The second-order valence-corrected chi connectivity index (χ2v) is 9.74. The van der Waals surface area contributed by atoms with Gasteiger partial charge in [-0.2, -0.15) is 0 Å². The molecule has 2 aliphatic rings. The number of carbonyl (C=O) groups excluding carboxylic acids is 2. The lowest BCUT2D eigenvalue weighted by Gasteiger charge is -2.32. The number of hydrogen-bond acceptors (Lipinski definition) is 4. The van der Waals surface area contributed by atoms with E-state index in [0.29, 0.717) is 19.4 Å². The number of carboxylic acids is 1. The minimum Gasteiger partial charge on any atom is -0.481 e. The predicted molar refractivity (Wildman–Crippen MR) is 133 cm³/mol. The summed E-state index contributed by atoms with van der Waals surface area (Å²) in [7, 11) is 1.76. The number of hydrogen-bond donors (Lipinski definition) is 2. The molecule has 0 heterocycles. The van der Waals surface area contributed by atoms with Gasteiger partial charge in [0.25, 0.3) is 0 Å². The normalized spacial score (nSPS) is 15.8. The van der Waals surface area contributed by atoms with E-state index in [1.807, 2.05) is 24.3 Å². The Hall–Kier alpha value is -3.35. The number of rotatable bonds is 10. The summed E-state index contributed by atoms with van der Waals surface area (Å²) in [6.45, 7) is 1.01. The van der Waals surface area contributed by atoms with Gasteiger partial charge in [0, 0.05) is 32.5 Å². The van der Waals surface area contributed by atoms with E-state index < -0.39 is 17.5 Å². The number of unbranched alkanes of at least 4 members (excludes halogenated alkanes) is 1. The molecule has 0 atom stereocenters. The minimum absolute atomic E-state index is 0.00726. The molecule has 1 fully saturated rings. The lowest BCUT2D eigenvalue weighted by Crippen LogP contribution is -2.48. The summed E-state index contributed by atoms with van der Waals surface area (Å²) in [6.07, 6.45) is 4.15. The number of aliphatic carboxylic acids is 1. The predicted octanol–water partition coefficient (Wildman–Crippen LogP) is 4.80. The van der Waals surface area contributed by atoms with Gasteiger partial charge < -0.3 is 20.1 Å². The molecule has 1 saturated carbocycles. The number of carbonyl (C=O) groups is 3. The third-order valence-corrected chi connectivity index (χ3v) is 7.41. The van der Waals surface area contributed by atoms with Crippen molar-refractivity contribution < 1.29 is 24.2 Å². The smallest absolute Gasteiger partial charge is 0.407 e. The van der Waals surface area contributed by atoms with Gasteiger partial charge in [0.1, 0.15) is 6.61 Å². The first-order chi connectivity index (χ1) is 16.9. The number of amides is 2. The molecule has 0 unspecified atom stereocenters. The average Bonchev–Trinajstić information content (AvgIpc) is 3.47. The highest BCUT2D eigenvalue weighted by Crippen LogP contribution is 2.44. The molecular formula is C28H34N2O5. The highest BCUT2D eigenvalue weighted by molar-refractivity contribution is 5.84. The molecule has 0 spiro atoms. The number of nitrogens with one attached hydrogen (secondary N) is 1. The second-order valence-electron chi connectivity index (χ2n) is 9.74. The van der Waals surface area contributed by atoms with E-state index in [1.165, 1.54) is 11.1 Å². The molecule has 2 amide bonds. The van der Waals surface area contributed by atoms with Gasteiger partial charge in [-0.15, -0.1) is 0 Å². The molecule has 2 N–H and O–H groups in total. The first kappa shape index (κ1) is 24.8. The van der Waals surface area contributed by atoms with Crippen molar-refractivity contribution in [1.82, 2.24) is 10.2 Å². The van der Waals surface area contributed by atoms with Gasteiger partial charge in [-0.25, -0.2) is 4.79 Å². The van der Waals surface area contributed by atoms with Gasteiger partial charge in [0.05, 0.1) is 5.41 Å². The fourth-order valence-electron chi connectivity index (χ4n) is 5.54. The van der Waals surface area contributed by atoms with E-state index in [-0.39, 0.29) is 31.4 Å². The van der Waals surface area contributed by atoms with Gasteiger partial charge in [-0.1, -0.05) is 61.4 Å². The molecule has 0 bridgehead atoms. The van der Waals surface area contributed by atoms with Crippen LogP contribution in [-0.2, 0) is 14.3 Å². The summed E-state index contributed by atoms with van der Waals surface area (Å²) in [5.41, 5.74) is 4.06. The van der Waals surface area contributed by atoms with Crippen molar-refractivity contribution in [2.75, 3.05) is 26.7 Å². The van der Waals surface area contributed by atoms with Crippen molar-refractivity contribution in [2.24, 2.45) is 5.41 Å². The maximum absolute atomic E-state index is 13.3. The fourth-order valence-corrected chi connectivity index (χ4v) is 5.54. The maximum atomic E-state index is 13.3. The molecule has 0 radical (unpaired) electrons. The van der Waals surface area contributed by atoms with Crippen LogP contribution in [0.5, 0.6) is 0 Å². The van der Waals surface area contributed by atoms with Crippen LogP contribution >= 0.6 is 0 Å². The lowest BCUT2D eigenvalue weighted by molar-refractivity contribution is -0.140. The standard InChI is InChI=1S/C28H34N2O5/c1-30(17-9-6-14-25(31)32)26(33)28(15-7-8-16-28)19-29-27(34)35-18-24-22-12-4-2-10-20(22)21-11-3-5-13-23(21)24/h2-5,10-13,24H,6-9,14-19H2,1H3,(H,29,34)(H,31,32). The van der Waals surface area contributed by atoms with Gasteiger partial charge in [-0.05, 0) is 47.9 Å². The minimum atomic E-state index is -0.821. The lowest BCUT2D eigenvalue weighted by atomic mass is 9.84. The molecule has 2 aliphatic carbocycles. The van der Waals surface area contributed by atoms with Crippen molar-refractivity contribution in [3.63, 3.8) is 0 Å². The highest BCUT2D eigenvalue weighted by atomic mass is 16.5. The Morgan fingerprint density at radius 2 is 1.60 bits per heavy atom. The third kappa shape index (κ3) is 5.50. The summed E-state index contributed by atoms with van der Waals surface area (Å²) >= 11 is 0. The van der Waals surface area contributed by atoms with Gasteiger partial charge in [0.2, 0.25) is 5.91 Å². The zero-order chi connectivity index (χ0) is 24.8. The van der Waals surface area contributed by atoms with Gasteiger partial charge in [0.15, 0.2) is 0 Å². The molecule has 7 heteroatoms. The topological polar surface area (TPSA) is 95.9 Å². The van der Waals surface area contributed by atoms with Gasteiger partial charge >= 0.3 is 12.1 Å². The molecule has 0 aromatic heterocycles. The van der Waals surface area contributed by atoms with Crippen LogP contribution in [-0.4, -0.2) is 54.7 Å². The number of ether oxygens (including phenoxy) is 1. The Morgan fingerprint density at radius 3 is 2.20 bits per heavy atom. The van der Waals surface area contributed by atoms with Crippen LogP contribution in [0.4, 0.5) is 4.79 Å². The molecule has 186 valence electrons. The van der Waals surface area contributed by atoms with E-state index in [1.54, 1.807) is 11.9 Å². The van der Waals surface area contributed by atoms with Crippen LogP contribution in [0.1, 0.15) is 62.0 Å². The molecule has 4 rings (SSSR count). The largest absolute Gasteiger partial charge is 0.481 e. The van der Waals surface area contributed by atoms with Crippen LogP contribution < -0.4 is 5.32 Å². The number of carboxylic acid groups (broad SMARTS) is 1. The first-order valence-corrected chi connectivity index (χ1v) is 12.5. The van der Waals surface area contributed by atoms with Crippen LogP contribution in [0.3, 0.4) is 0 Å².